The van der Waals surface area contributed by atoms with Gasteiger partial charge in [-0.05, 0) is 43.4 Å². The number of amides is 2. The number of carbonyl (C=O) groups is 2. The van der Waals surface area contributed by atoms with E-state index in [1.54, 1.807) is 11.8 Å². The molecule has 0 saturated carbocycles. The predicted octanol–water partition coefficient (Wildman–Crippen LogP) is 4.26. The summed E-state index contributed by atoms with van der Waals surface area (Å²) in [5.74, 6) is -0.143. The molecule has 2 aromatic rings. The van der Waals surface area contributed by atoms with Gasteiger partial charge in [-0.2, -0.15) is 0 Å². The Kier molecular flexibility index (Phi) is 9.02. The van der Waals surface area contributed by atoms with Gasteiger partial charge >= 0.3 is 0 Å². The van der Waals surface area contributed by atoms with Gasteiger partial charge < -0.3 is 10.2 Å². The molecule has 0 aliphatic rings. The van der Waals surface area contributed by atoms with Crippen molar-refractivity contribution in [2.45, 2.75) is 45.6 Å². The highest BCUT2D eigenvalue weighted by atomic mass is 35.5. The molecule has 0 bridgehead atoms. The molecule has 5 heteroatoms. The molecule has 150 valence electrons. The minimum absolute atomic E-state index is 0.0324. The van der Waals surface area contributed by atoms with Crippen LogP contribution in [-0.4, -0.2) is 35.8 Å². The summed E-state index contributed by atoms with van der Waals surface area (Å²) in [5, 5.41) is 3.56. The minimum Gasteiger partial charge on any atom is -0.354 e. The zero-order chi connectivity index (χ0) is 20.4. The summed E-state index contributed by atoms with van der Waals surface area (Å²) < 4.78 is 0. The van der Waals surface area contributed by atoms with Crippen LogP contribution in [0.4, 0.5) is 0 Å². The lowest BCUT2D eigenvalue weighted by atomic mass is 10.1. The Morgan fingerprint density at radius 3 is 2.39 bits per heavy atom. The molecule has 0 aromatic heterocycles. The molecule has 28 heavy (non-hydrogen) atoms. The number of nitrogens with one attached hydrogen (secondary N) is 1. The fraction of sp³-hybridized carbons (Fsp3) is 0.391. The first-order chi connectivity index (χ1) is 13.5. The van der Waals surface area contributed by atoms with Gasteiger partial charge in [-0.3, -0.25) is 9.59 Å². The van der Waals surface area contributed by atoms with Crippen molar-refractivity contribution in [3.63, 3.8) is 0 Å². The van der Waals surface area contributed by atoms with Crippen LogP contribution in [0.25, 0.3) is 0 Å². The Balaban J connectivity index is 2.05. The largest absolute Gasteiger partial charge is 0.354 e. The molecule has 0 heterocycles. The average Bonchev–Trinajstić information content (AvgIpc) is 2.72. The van der Waals surface area contributed by atoms with E-state index in [0.717, 1.165) is 17.5 Å². The van der Waals surface area contributed by atoms with E-state index in [4.69, 9.17) is 11.6 Å². The van der Waals surface area contributed by atoms with Gasteiger partial charge in [0, 0.05) is 24.5 Å². The van der Waals surface area contributed by atoms with Crippen LogP contribution in [0.5, 0.6) is 0 Å². The SMILES string of the molecule is CCCNC(=O)[C@@H](C)N(CCc1ccccc1)C(=O)CCc1ccccc1Cl. The zero-order valence-electron chi connectivity index (χ0n) is 16.7. The van der Waals surface area contributed by atoms with E-state index in [0.29, 0.717) is 37.4 Å². The van der Waals surface area contributed by atoms with Crippen LogP contribution in [0, 0.1) is 0 Å². The number of nitrogens with zero attached hydrogens (tertiary/aromatic N) is 1. The molecule has 0 radical (unpaired) electrons. The van der Waals surface area contributed by atoms with Gasteiger partial charge in [0.15, 0.2) is 0 Å². The van der Waals surface area contributed by atoms with Crippen LogP contribution in [0.1, 0.15) is 37.8 Å². The first kappa shape index (κ1) is 22.0. The number of halogens is 1. The smallest absolute Gasteiger partial charge is 0.242 e. The summed E-state index contributed by atoms with van der Waals surface area (Å²) >= 11 is 6.21. The predicted molar refractivity (Wildman–Crippen MR) is 114 cm³/mol. The molecule has 2 amide bonds. The maximum absolute atomic E-state index is 13.0. The molecule has 0 aliphatic heterocycles. The van der Waals surface area contributed by atoms with Crippen molar-refractivity contribution in [1.82, 2.24) is 10.2 Å². The van der Waals surface area contributed by atoms with Crippen LogP contribution in [0.2, 0.25) is 5.02 Å². The molecule has 1 atom stereocenters. The monoisotopic (exact) mass is 400 g/mol. The van der Waals surface area contributed by atoms with Crippen LogP contribution in [0.3, 0.4) is 0 Å². The maximum Gasteiger partial charge on any atom is 0.242 e. The van der Waals surface area contributed by atoms with Crippen LogP contribution in [0.15, 0.2) is 54.6 Å². The van der Waals surface area contributed by atoms with Gasteiger partial charge in [0.1, 0.15) is 6.04 Å². The van der Waals surface area contributed by atoms with E-state index in [2.05, 4.69) is 5.32 Å². The number of benzene rings is 2. The second-order valence-electron chi connectivity index (χ2n) is 6.88. The van der Waals surface area contributed by atoms with Crippen molar-refractivity contribution in [3.05, 3.63) is 70.7 Å². The molecule has 0 spiro atoms. The van der Waals surface area contributed by atoms with E-state index in [1.807, 2.05) is 61.5 Å². The third-order valence-electron chi connectivity index (χ3n) is 4.77. The number of hydrogen-bond acceptors (Lipinski definition) is 2. The standard InChI is InChI=1S/C23H29ClN2O2/c1-3-16-25-23(28)18(2)26(17-15-19-9-5-4-6-10-19)22(27)14-13-20-11-7-8-12-21(20)24/h4-12,18H,3,13-17H2,1-2H3,(H,25,28)/t18-/m1/s1. The fourth-order valence-corrected chi connectivity index (χ4v) is 3.28. The Bertz CT molecular complexity index is 764. The Labute approximate surface area is 172 Å². The van der Waals surface area contributed by atoms with Gasteiger partial charge in [-0.15, -0.1) is 0 Å². The summed E-state index contributed by atoms with van der Waals surface area (Å²) in [6.07, 6.45) is 2.46. The first-order valence-corrected chi connectivity index (χ1v) is 10.2. The van der Waals surface area contributed by atoms with Crippen LogP contribution >= 0.6 is 11.6 Å². The molecule has 0 fully saturated rings. The molecule has 4 nitrogen and oxygen atoms in total. The quantitative estimate of drug-likeness (QED) is 0.647. The van der Waals surface area contributed by atoms with E-state index >= 15 is 0 Å². The number of carbonyl (C=O) groups excluding carboxylic acids is 2. The first-order valence-electron chi connectivity index (χ1n) is 9.87. The highest BCUT2D eigenvalue weighted by molar-refractivity contribution is 6.31. The normalized spacial score (nSPS) is 11.7. The Morgan fingerprint density at radius 1 is 1.04 bits per heavy atom. The van der Waals surface area contributed by atoms with E-state index in [1.165, 1.54) is 0 Å². The van der Waals surface area contributed by atoms with Crippen molar-refractivity contribution in [2.24, 2.45) is 0 Å². The molecular weight excluding hydrogens is 372 g/mol. The second kappa shape index (κ2) is 11.5. The molecule has 0 unspecified atom stereocenters. The van der Waals surface area contributed by atoms with E-state index in [9.17, 15) is 9.59 Å². The van der Waals surface area contributed by atoms with Crippen molar-refractivity contribution in [2.75, 3.05) is 13.1 Å². The molecule has 0 saturated heterocycles. The minimum atomic E-state index is -0.506. The summed E-state index contributed by atoms with van der Waals surface area (Å²) in [7, 11) is 0. The third kappa shape index (κ3) is 6.68. The van der Waals surface area contributed by atoms with Gasteiger partial charge in [0.05, 0.1) is 0 Å². The number of rotatable bonds is 10. The average molecular weight is 401 g/mol. The maximum atomic E-state index is 13.0. The van der Waals surface area contributed by atoms with Gasteiger partial charge in [0.2, 0.25) is 11.8 Å². The zero-order valence-corrected chi connectivity index (χ0v) is 17.4. The van der Waals surface area contributed by atoms with Gasteiger partial charge in [0.25, 0.3) is 0 Å². The lowest BCUT2D eigenvalue weighted by molar-refractivity contribution is -0.139. The molecule has 0 aliphatic carbocycles. The highest BCUT2D eigenvalue weighted by Gasteiger charge is 2.25. The number of aryl methyl sites for hydroxylation is 1. The van der Waals surface area contributed by atoms with Crippen molar-refractivity contribution in [3.8, 4) is 0 Å². The Hall–Kier alpha value is -2.33. The van der Waals surface area contributed by atoms with Gasteiger partial charge in [-0.25, -0.2) is 0 Å². The van der Waals surface area contributed by atoms with Crippen LogP contribution < -0.4 is 5.32 Å². The lowest BCUT2D eigenvalue weighted by Gasteiger charge is -2.29. The Morgan fingerprint density at radius 2 is 1.71 bits per heavy atom. The van der Waals surface area contributed by atoms with E-state index in [-0.39, 0.29) is 11.8 Å². The van der Waals surface area contributed by atoms with Crippen molar-refractivity contribution < 1.29 is 9.59 Å². The molecule has 2 rings (SSSR count). The molecule has 2 aromatic carbocycles. The molecule has 1 N–H and O–H groups in total. The summed E-state index contributed by atoms with van der Waals surface area (Å²) in [6, 6.07) is 17.1. The second-order valence-corrected chi connectivity index (χ2v) is 7.29. The topological polar surface area (TPSA) is 49.4 Å². The van der Waals surface area contributed by atoms with Crippen molar-refractivity contribution in [1.29, 1.82) is 0 Å². The van der Waals surface area contributed by atoms with Crippen molar-refractivity contribution >= 4 is 23.4 Å². The third-order valence-corrected chi connectivity index (χ3v) is 5.14. The molecular formula is C23H29ClN2O2. The highest BCUT2D eigenvalue weighted by Crippen LogP contribution is 2.17. The fourth-order valence-electron chi connectivity index (χ4n) is 3.05. The summed E-state index contributed by atoms with van der Waals surface area (Å²) in [4.78, 5) is 27.1. The summed E-state index contributed by atoms with van der Waals surface area (Å²) in [5.41, 5.74) is 2.09. The lowest BCUT2D eigenvalue weighted by Crippen LogP contribution is -2.49. The summed E-state index contributed by atoms with van der Waals surface area (Å²) in [6.45, 7) is 4.92. The van der Waals surface area contributed by atoms with Gasteiger partial charge in [-0.1, -0.05) is 67.1 Å². The number of hydrogen-bond donors (Lipinski definition) is 1. The van der Waals surface area contributed by atoms with E-state index < -0.39 is 6.04 Å². The van der Waals surface area contributed by atoms with Crippen LogP contribution in [-0.2, 0) is 22.4 Å².